The molecule has 0 spiro atoms. The zero-order chi connectivity index (χ0) is 13.9. The summed E-state index contributed by atoms with van der Waals surface area (Å²) in [7, 11) is 0. The van der Waals surface area contributed by atoms with Crippen LogP contribution in [-0.4, -0.2) is 21.3 Å². The Bertz CT molecular complexity index is 735. The van der Waals surface area contributed by atoms with Crippen molar-refractivity contribution in [3.63, 3.8) is 0 Å². The summed E-state index contributed by atoms with van der Waals surface area (Å²) < 4.78 is 6.96. The van der Waals surface area contributed by atoms with Crippen molar-refractivity contribution in [1.82, 2.24) is 15.0 Å². The van der Waals surface area contributed by atoms with Crippen LogP contribution < -0.4 is 0 Å². The molecule has 0 aliphatic carbocycles. The summed E-state index contributed by atoms with van der Waals surface area (Å²) in [6.07, 6.45) is 2.21. The summed E-state index contributed by atoms with van der Waals surface area (Å²) in [6, 6.07) is 11.0. The summed E-state index contributed by atoms with van der Waals surface area (Å²) in [6.45, 7) is 0.456. The Morgan fingerprint density at radius 3 is 2.90 bits per heavy atom. The van der Waals surface area contributed by atoms with Gasteiger partial charge in [0.05, 0.1) is 12.8 Å². The lowest BCUT2D eigenvalue weighted by atomic mass is 10.2. The second kappa shape index (κ2) is 5.30. The van der Waals surface area contributed by atoms with Crippen molar-refractivity contribution in [3.8, 4) is 11.5 Å². The van der Waals surface area contributed by atoms with Crippen molar-refractivity contribution >= 4 is 17.9 Å². The number of furan rings is 1. The molecule has 0 saturated carbocycles. The van der Waals surface area contributed by atoms with Crippen molar-refractivity contribution in [2.24, 2.45) is 0 Å². The van der Waals surface area contributed by atoms with Crippen LogP contribution >= 0.6 is 11.6 Å². The predicted octanol–water partition coefficient (Wildman–Crippen LogP) is 3.05. The van der Waals surface area contributed by atoms with Gasteiger partial charge in [-0.05, 0) is 29.8 Å². The number of carbonyl (C=O) groups is 1. The van der Waals surface area contributed by atoms with E-state index in [-0.39, 0.29) is 5.69 Å². The second-order valence-corrected chi connectivity index (χ2v) is 4.64. The van der Waals surface area contributed by atoms with Gasteiger partial charge in [-0.25, -0.2) is 4.68 Å². The van der Waals surface area contributed by atoms with E-state index in [1.54, 1.807) is 29.1 Å². The molecule has 0 N–H and O–H groups in total. The molecule has 100 valence electrons. The van der Waals surface area contributed by atoms with Crippen molar-refractivity contribution in [1.29, 1.82) is 0 Å². The third-order valence-corrected chi connectivity index (χ3v) is 3.08. The molecule has 6 heteroatoms. The maximum Gasteiger partial charge on any atom is 0.172 e. The summed E-state index contributed by atoms with van der Waals surface area (Å²) in [5.74, 6) is 0.555. The molecule has 0 saturated heterocycles. The van der Waals surface area contributed by atoms with Crippen LogP contribution in [0.1, 0.15) is 16.1 Å². The van der Waals surface area contributed by atoms with Crippen LogP contribution in [0.5, 0.6) is 0 Å². The van der Waals surface area contributed by atoms with E-state index < -0.39 is 0 Å². The van der Waals surface area contributed by atoms with Crippen molar-refractivity contribution in [3.05, 3.63) is 58.9 Å². The molecule has 2 heterocycles. The normalized spacial score (nSPS) is 10.7. The number of carbonyl (C=O) groups excluding carboxylic acids is 1. The molecule has 3 rings (SSSR count). The summed E-state index contributed by atoms with van der Waals surface area (Å²) in [5.41, 5.74) is 1.78. The van der Waals surface area contributed by atoms with E-state index in [0.29, 0.717) is 29.3 Å². The smallest absolute Gasteiger partial charge is 0.172 e. The Morgan fingerprint density at radius 1 is 1.30 bits per heavy atom. The standard InChI is InChI=1S/C14H10ClN3O2/c15-11-4-1-3-10(7-11)8-18-14(12(9-19)16-17-18)13-5-2-6-20-13/h1-7,9H,8H2. The summed E-state index contributed by atoms with van der Waals surface area (Å²) >= 11 is 5.96. The zero-order valence-electron chi connectivity index (χ0n) is 10.4. The van der Waals surface area contributed by atoms with E-state index in [4.69, 9.17) is 16.0 Å². The van der Waals surface area contributed by atoms with Crippen LogP contribution in [0.4, 0.5) is 0 Å². The maximum absolute atomic E-state index is 11.1. The van der Waals surface area contributed by atoms with Gasteiger partial charge >= 0.3 is 0 Å². The minimum absolute atomic E-state index is 0.252. The predicted molar refractivity (Wildman–Crippen MR) is 73.7 cm³/mol. The first-order valence-corrected chi connectivity index (χ1v) is 6.32. The number of nitrogens with zero attached hydrogens (tertiary/aromatic N) is 3. The fourth-order valence-corrected chi connectivity index (χ4v) is 2.20. The molecule has 0 aliphatic rings. The maximum atomic E-state index is 11.1. The summed E-state index contributed by atoms with van der Waals surface area (Å²) in [4.78, 5) is 11.1. The van der Waals surface area contributed by atoms with Crippen LogP contribution in [0.2, 0.25) is 5.02 Å². The summed E-state index contributed by atoms with van der Waals surface area (Å²) in [5, 5.41) is 8.51. The molecule has 0 aliphatic heterocycles. The lowest BCUT2D eigenvalue weighted by molar-refractivity contribution is 0.111. The number of hydrogen-bond donors (Lipinski definition) is 0. The molecule has 1 aromatic carbocycles. The lowest BCUT2D eigenvalue weighted by Crippen LogP contribution is -2.04. The highest BCUT2D eigenvalue weighted by Crippen LogP contribution is 2.23. The largest absolute Gasteiger partial charge is 0.463 e. The van der Waals surface area contributed by atoms with E-state index in [2.05, 4.69) is 10.3 Å². The second-order valence-electron chi connectivity index (χ2n) is 4.21. The Labute approximate surface area is 119 Å². The number of aldehydes is 1. The zero-order valence-corrected chi connectivity index (χ0v) is 11.1. The van der Waals surface area contributed by atoms with Gasteiger partial charge in [0.15, 0.2) is 17.7 Å². The van der Waals surface area contributed by atoms with E-state index in [9.17, 15) is 4.79 Å². The number of rotatable bonds is 4. The highest BCUT2D eigenvalue weighted by Gasteiger charge is 2.16. The Hall–Kier alpha value is -2.40. The molecular formula is C14H10ClN3O2. The third-order valence-electron chi connectivity index (χ3n) is 2.85. The molecular weight excluding hydrogens is 278 g/mol. The van der Waals surface area contributed by atoms with Crippen LogP contribution in [0.3, 0.4) is 0 Å². The Kier molecular flexibility index (Phi) is 3.35. The van der Waals surface area contributed by atoms with Crippen LogP contribution in [0, 0.1) is 0 Å². The molecule has 0 unspecified atom stereocenters. The fraction of sp³-hybridized carbons (Fsp3) is 0.0714. The van der Waals surface area contributed by atoms with Gasteiger partial charge in [0.1, 0.15) is 5.69 Å². The van der Waals surface area contributed by atoms with Gasteiger partial charge in [-0.2, -0.15) is 0 Å². The van der Waals surface area contributed by atoms with E-state index in [0.717, 1.165) is 5.56 Å². The first-order chi connectivity index (χ1) is 9.78. The minimum Gasteiger partial charge on any atom is -0.463 e. The SMILES string of the molecule is O=Cc1nnn(Cc2cccc(Cl)c2)c1-c1ccco1. The number of halogens is 1. The Balaban J connectivity index is 2.02. The first kappa shape index (κ1) is 12.6. The molecule has 0 atom stereocenters. The quantitative estimate of drug-likeness (QED) is 0.692. The molecule has 2 aromatic heterocycles. The minimum atomic E-state index is 0.252. The van der Waals surface area contributed by atoms with Crippen LogP contribution in [0.15, 0.2) is 47.1 Å². The first-order valence-electron chi connectivity index (χ1n) is 5.95. The van der Waals surface area contributed by atoms with Gasteiger partial charge in [-0.1, -0.05) is 28.9 Å². The van der Waals surface area contributed by atoms with Crippen molar-refractivity contribution in [2.75, 3.05) is 0 Å². The van der Waals surface area contributed by atoms with Crippen LogP contribution in [-0.2, 0) is 6.54 Å². The molecule has 0 bridgehead atoms. The topological polar surface area (TPSA) is 60.9 Å². The number of benzene rings is 1. The molecule has 0 fully saturated rings. The lowest BCUT2D eigenvalue weighted by Gasteiger charge is -2.05. The van der Waals surface area contributed by atoms with Gasteiger partial charge in [0.25, 0.3) is 0 Å². The van der Waals surface area contributed by atoms with E-state index in [1.165, 1.54) is 0 Å². The third kappa shape index (κ3) is 2.35. The highest BCUT2D eigenvalue weighted by molar-refractivity contribution is 6.30. The average Bonchev–Trinajstić information content (AvgIpc) is 3.07. The van der Waals surface area contributed by atoms with Gasteiger partial charge in [-0.3, -0.25) is 4.79 Å². The molecule has 20 heavy (non-hydrogen) atoms. The molecule has 0 amide bonds. The van der Waals surface area contributed by atoms with Crippen LogP contribution in [0.25, 0.3) is 11.5 Å². The fourth-order valence-electron chi connectivity index (χ4n) is 1.99. The molecule has 3 aromatic rings. The van der Waals surface area contributed by atoms with E-state index in [1.807, 2.05) is 18.2 Å². The average molecular weight is 288 g/mol. The number of aromatic nitrogens is 3. The van der Waals surface area contributed by atoms with E-state index >= 15 is 0 Å². The van der Waals surface area contributed by atoms with Gasteiger partial charge < -0.3 is 4.42 Å². The van der Waals surface area contributed by atoms with Crippen molar-refractivity contribution in [2.45, 2.75) is 6.54 Å². The highest BCUT2D eigenvalue weighted by atomic mass is 35.5. The van der Waals surface area contributed by atoms with Crippen molar-refractivity contribution < 1.29 is 9.21 Å². The van der Waals surface area contributed by atoms with Gasteiger partial charge in [0, 0.05) is 5.02 Å². The Morgan fingerprint density at radius 2 is 2.20 bits per heavy atom. The molecule has 5 nitrogen and oxygen atoms in total. The van der Waals surface area contributed by atoms with Gasteiger partial charge in [-0.15, -0.1) is 5.10 Å². The number of hydrogen-bond acceptors (Lipinski definition) is 4. The van der Waals surface area contributed by atoms with Gasteiger partial charge in [0.2, 0.25) is 0 Å². The molecule has 0 radical (unpaired) electrons. The monoisotopic (exact) mass is 287 g/mol.